The van der Waals surface area contributed by atoms with Crippen LogP contribution >= 0.6 is 12.6 Å². The van der Waals surface area contributed by atoms with Crippen LogP contribution in [0.1, 0.15) is 6.92 Å². The zero-order valence-corrected chi connectivity index (χ0v) is 5.81. The van der Waals surface area contributed by atoms with E-state index in [9.17, 15) is 9.59 Å². The Labute approximate surface area is 58.2 Å². The topological polar surface area (TPSA) is 46.2 Å². The van der Waals surface area contributed by atoms with E-state index in [1.807, 2.05) is 0 Å². The third kappa shape index (κ3) is 0.941. The molecule has 0 spiro atoms. The van der Waals surface area contributed by atoms with E-state index < -0.39 is 11.3 Å². The van der Waals surface area contributed by atoms with Crippen molar-refractivity contribution in [3.63, 3.8) is 0 Å². The number of hydrogen-bond acceptors (Lipinski definition) is 3. The normalized spacial score (nSPS) is 34.9. The first-order chi connectivity index (χ1) is 4.13. The maximum atomic E-state index is 10.8. The van der Waals surface area contributed by atoms with Gasteiger partial charge in [-0.1, -0.05) is 0 Å². The molecule has 1 aliphatic heterocycles. The second-order valence-corrected chi connectivity index (χ2v) is 2.55. The van der Waals surface area contributed by atoms with E-state index in [2.05, 4.69) is 17.9 Å². The van der Waals surface area contributed by atoms with Crippen molar-refractivity contribution in [2.75, 3.05) is 0 Å². The van der Waals surface area contributed by atoms with Crippen LogP contribution in [0.2, 0.25) is 0 Å². The lowest BCUT2D eigenvalue weighted by Crippen LogP contribution is -2.22. The van der Waals surface area contributed by atoms with Gasteiger partial charge in [-0.25, -0.2) is 0 Å². The Morgan fingerprint density at radius 3 is 2.22 bits per heavy atom. The molecule has 0 radical (unpaired) electrons. The third-order valence-corrected chi connectivity index (χ3v) is 1.75. The molecule has 3 nitrogen and oxygen atoms in total. The Morgan fingerprint density at radius 1 is 1.56 bits per heavy atom. The number of carbonyl (C=O) groups is 2. The van der Waals surface area contributed by atoms with Crippen LogP contribution in [0.15, 0.2) is 0 Å². The number of ketones is 1. The molecule has 1 amide bonds. The summed E-state index contributed by atoms with van der Waals surface area (Å²) in [6.07, 6.45) is 0. The van der Waals surface area contributed by atoms with Crippen molar-refractivity contribution in [2.24, 2.45) is 5.92 Å². The minimum absolute atomic E-state index is 0.136. The Bertz CT molecular complexity index is 168. The number of rotatable bonds is 0. The number of hydrogen-bond donors (Lipinski definition) is 2. The molecule has 1 aliphatic rings. The van der Waals surface area contributed by atoms with Crippen LogP contribution in [0.25, 0.3) is 0 Å². The minimum Gasteiger partial charge on any atom is -0.337 e. The summed E-state index contributed by atoms with van der Waals surface area (Å²) in [5.74, 6) is -0.865. The molecule has 1 heterocycles. The molecule has 0 bridgehead atoms. The van der Waals surface area contributed by atoms with Crippen LogP contribution < -0.4 is 5.32 Å². The zero-order chi connectivity index (χ0) is 7.02. The van der Waals surface area contributed by atoms with Crippen LogP contribution in [0.5, 0.6) is 0 Å². The molecule has 2 atom stereocenters. The molecule has 1 N–H and O–H groups in total. The standard InChI is InChI=1S/C5H7NO2S/c1-2-3(7)5(9)6-4(2)8/h2,5,9H,1H3,(H,6,8). The van der Waals surface area contributed by atoms with Crippen LogP contribution in [0.3, 0.4) is 0 Å². The predicted molar refractivity (Wildman–Crippen MR) is 35.1 cm³/mol. The molecule has 1 saturated heterocycles. The molecule has 4 heteroatoms. The van der Waals surface area contributed by atoms with Gasteiger partial charge in [-0.15, -0.1) is 12.6 Å². The summed E-state index contributed by atoms with van der Waals surface area (Å²) in [4.78, 5) is 21.4. The van der Waals surface area contributed by atoms with E-state index in [-0.39, 0.29) is 11.7 Å². The van der Waals surface area contributed by atoms with Crippen molar-refractivity contribution < 1.29 is 9.59 Å². The molecule has 0 aliphatic carbocycles. The highest BCUT2D eigenvalue weighted by Gasteiger charge is 2.34. The first-order valence-electron chi connectivity index (χ1n) is 2.65. The van der Waals surface area contributed by atoms with Crippen LogP contribution in [0, 0.1) is 5.92 Å². The number of nitrogens with one attached hydrogen (secondary N) is 1. The van der Waals surface area contributed by atoms with Crippen molar-refractivity contribution >= 4 is 24.3 Å². The molecular formula is C5H7NO2S. The lowest BCUT2D eigenvalue weighted by atomic mass is 10.1. The molecule has 1 fully saturated rings. The summed E-state index contributed by atoms with van der Waals surface area (Å²) in [6.45, 7) is 1.58. The highest BCUT2D eigenvalue weighted by atomic mass is 32.1. The number of carbonyl (C=O) groups excluding carboxylic acids is 2. The summed E-state index contributed by atoms with van der Waals surface area (Å²) in [5.41, 5.74) is 0. The van der Waals surface area contributed by atoms with E-state index in [0.29, 0.717) is 0 Å². The number of amides is 1. The molecule has 50 valence electrons. The Balaban J connectivity index is 2.77. The molecular weight excluding hydrogens is 138 g/mol. The monoisotopic (exact) mass is 145 g/mol. The third-order valence-electron chi connectivity index (χ3n) is 1.37. The molecule has 9 heavy (non-hydrogen) atoms. The van der Waals surface area contributed by atoms with Crippen molar-refractivity contribution in [2.45, 2.75) is 12.3 Å². The summed E-state index contributed by atoms with van der Waals surface area (Å²) < 4.78 is 0. The van der Waals surface area contributed by atoms with Gasteiger partial charge >= 0.3 is 0 Å². The predicted octanol–water partition coefficient (Wildman–Crippen LogP) is -0.423. The maximum Gasteiger partial charge on any atom is 0.231 e. The van der Waals surface area contributed by atoms with Crippen molar-refractivity contribution in [3.05, 3.63) is 0 Å². The van der Waals surface area contributed by atoms with Gasteiger partial charge in [0.1, 0.15) is 5.37 Å². The van der Waals surface area contributed by atoms with Gasteiger partial charge in [0.25, 0.3) is 0 Å². The van der Waals surface area contributed by atoms with Crippen LogP contribution in [-0.2, 0) is 9.59 Å². The quantitative estimate of drug-likeness (QED) is 0.359. The van der Waals surface area contributed by atoms with Gasteiger partial charge < -0.3 is 5.32 Å². The molecule has 2 unspecified atom stereocenters. The lowest BCUT2D eigenvalue weighted by Gasteiger charge is -1.94. The lowest BCUT2D eigenvalue weighted by molar-refractivity contribution is -0.126. The fourth-order valence-electron chi connectivity index (χ4n) is 0.697. The van der Waals surface area contributed by atoms with Gasteiger partial charge in [0, 0.05) is 0 Å². The first-order valence-corrected chi connectivity index (χ1v) is 3.16. The summed E-state index contributed by atoms with van der Waals surface area (Å²) in [5, 5.41) is 1.82. The van der Waals surface area contributed by atoms with Crippen molar-refractivity contribution in [1.82, 2.24) is 5.32 Å². The Hall–Kier alpha value is -0.510. The Kier molecular flexibility index (Phi) is 1.48. The molecule has 0 aromatic carbocycles. The summed E-state index contributed by atoms with van der Waals surface area (Å²) in [6, 6.07) is 0. The fraction of sp³-hybridized carbons (Fsp3) is 0.600. The van der Waals surface area contributed by atoms with Gasteiger partial charge in [0.05, 0.1) is 5.92 Å². The molecule has 0 aromatic heterocycles. The smallest absolute Gasteiger partial charge is 0.231 e. The van der Waals surface area contributed by atoms with Gasteiger partial charge in [-0.2, -0.15) is 0 Å². The SMILES string of the molecule is CC1C(=O)NC(S)C1=O. The van der Waals surface area contributed by atoms with Gasteiger partial charge in [0.15, 0.2) is 5.78 Å². The highest BCUT2D eigenvalue weighted by molar-refractivity contribution is 7.81. The van der Waals surface area contributed by atoms with E-state index >= 15 is 0 Å². The van der Waals surface area contributed by atoms with E-state index in [4.69, 9.17) is 0 Å². The molecule has 0 saturated carbocycles. The van der Waals surface area contributed by atoms with Gasteiger partial charge in [-0.3, -0.25) is 9.59 Å². The van der Waals surface area contributed by atoms with E-state index in [1.165, 1.54) is 0 Å². The maximum absolute atomic E-state index is 10.8. The second kappa shape index (κ2) is 2.02. The minimum atomic E-state index is -0.576. The number of Topliss-reactive ketones (excluding diaryl/α,β-unsaturated/α-hetero) is 1. The van der Waals surface area contributed by atoms with Gasteiger partial charge in [-0.05, 0) is 6.92 Å². The average Bonchev–Trinajstić information content (AvgIpc) is 1.98. The Morgan fingerprint density at radius 2 is 2.11 bits per heavy atom. The molecule has 0 aromatic rings. The summed E-state index contributed by atoms with van der Waals surface area (Å²) in [7, 11) is 0. The van der Waals surface area contributed by atoms with Crippen molar-refractivity contribution in [3.8, 4) is 0 Å². The van der Waals surface area contributed by atoms with E-state index in [1.54, 1.807) is 6.92 Å². The largest absolute Gasteiger partial charge is 0.337 e. The molecule has 1 rings (SSSR count). The van der Waals surface area contributed by atoms with E-state index in [0.717, 1.165) is 0 Å². The number of thiol groups is 1. The second-order valence-electron chi connectivity index (χ2n) is 2.04. The first kappa shape index (κ1) is 6.61. The zero-order valence-electron chi connectivity index (χ0n) is 4.92. The van der Waals surface area contributed by atoms with Gasteiger partial charge in [0.2, 0.25) is 5.91 Å². The van der Waals surface area contributed by atoms with Crippen molar-refractivity contribution in [1.29, 1.82) is 0 Å². The average molecular weight is 145 g/mol. The van der Waals surface area contributed by atoms with Crippen LogP contribution in [0.4, 0.5) is 0 Å². The fourth-order valence-corrected chi connectivity index (χ4v) is 1.05. The van der Waals surface area contributed by atoms with Crippen LogP contribution in [-0.4, -0.2) is 17.1 Å². The summed E-state index contributed by atoms with van der Waals surface area (Å²) >= 11 is 3.82. The highest BCUT2D eigenvalue weighted by Crippen LogP contribution is 2.11.